The molecule has 18 heavy (non-hydrogen) atoms. The zero-order valence-corrected chi connectivity index (χ0v) is 11.1. The minimum absolute atomic E-state index is 0.108. The topological polar surface area (TPSA) is 70.8 Å². The predicted molar refractivity (Wildman–Crippen MR) is 68.9 cm³/mol. The second-order valence-corrected chi connectivity index (χ2v) is 4.08. The molecule has 0 fully saturated rings. The molecular weight excluding hydrogens is 234 g/mol. The second-order valence-electron chi connectivity index (χ2n) is 4.08. The molecule has 0 heterocycles. The summed E-state index contributed by atoms with van der Waals surface area (Å²) in [6.07, 6.45) is -0.108. The molecule has 0 radical (unpaired) electrons. The first-order valence-electron chi connectivity index (χ1n) is 5.63. The van der Waals surface area contributed by atoms with Crippen LogP contribution < -0.4 is 10.5 Å². The summed E-state index contributed by atoms with van der Waals surface area (Å²) in [5.41, 5.74) is 7.34. The van der Waals surface area contributed by atoms with E-state index in [1.807, 2.05) is 13.8 Å². The van der Waals surface area contributed by atoms with E-state index in [0.717, 1.165) is 5.56 Å². The zero-order chi connectivity index (χ0) is 13.7. The fourth-order valence-corrected chi connectivity index (χ4v) is 1.61. The summed E-state index contributed by atoms with van der Waals surface area (Å²) in [6, 6.07) is 3.37. The number of rotatable bonds is 5. The van der Waals surface area contributed by atoms with Crippen LogP contribution in [-0.2, 0) is 9.47 Å². The minimum Gasteiger partial charge on any atom is -0.488 e. The van der Waals surface area contributed by atoms with Gasteiger partial charge in [0.15, 0.2) is 0 Å². The molecule has 0 aliphatic carbocycles. The largest absolute Gasteiger partial charge is 0.488 e. The highest BCUT2D eigenvalue weighted by Crippen LogP contribution is 2.25. The van der Waals surface area contributed by atoms with Gasteiger partial charge in [0.1, 0.15) is 11.9 Å². The number of nitrogens with two attached hydrogens (primary N) is 1. The summed E-state index contributed by atoms with van der Waals surface area (Å²) in [5, 5.41) is 0. The van der Waals surface area contributed by atoms with Crippen LogP contribution in [0.4, 0.5) is 5.69 Å². The quantitative estimate of drug-likeness (QED) is 0.639. The normalized spacial score (nSPS) is 12.0. The average Bonchev–Trinajstić information content (AvgIpc) is 2.32. The van der Waals surface area contributed by atoms with Crippen molar-refractivity contribution in [2.24, 2.45) is 0 Å². The average molecular weight is 253 g/mol. The Morgan fingerprint density at radius 3 is 2.61 bits per heavy atom. The standard InChI is InChI=1S/C13H19NO4/c1-8-5-10(18-9(2)7-16-3)6-11(12(8)14)13(15)17-4/h5-6,9H,7,14H2,1-4H3. The monoisotopic (exact) mass is 253 g/mol. The first-order chi connectivity index (χ1) is 8.49. The number of anilines is 1. The number of methoxy groups -OCH3 is 2. The van der Waals surface area contributed by atoms with Crippen molar-refractivity contribution >= 4 is 11.7 Å². The first-order valence-corrected chi connectivity index (χ1v) is 5.63. The number of aryl methyl sites for hydroxylation is 1. The van der Waals surface area contributed by atoms with Crippen molar-refractivity contribution in [2.75, 3.05) is 26.6 Å². The number of hydrogen-bond acceptors (Lipinski definition) is 5. The molecule has 0 bridgehead atoms. The van der Waals surface area contributed by atoms with Gasteiger partial charge in [-0.1, -0.05) is 0 Å². The maximum Gasteiger partial charge on any atom is 0.340 e. The van der Waals surface area contributed by atoms with Gasteiger partial charge in [0.25, 0.3) is 0 Å². The fourth-order valence-electron chi connectivity index (χ4n) is 1.61. The molecular formula is C13H19NO4. The van der Waals surface area contributed by atoms with Crippen molar-refractivity contribution in [1.29, 1.82) is 0 Å². The Morgan fingerprint density at radius 2 is 2.06 bits per heavy atom. The number of ether oxygens (including phenoxy) is 3. The van der Waals surface area contributed by atoms with Crippen LogP contribution >= 0.6 is 0 Å². The Bertz CT molecular complexity index is 431. The minimum atomic E-state index is -0.472. The Labute approximate surface area is 107 Å². The lowest BCUT2D eigenvalue weighted by atomic mass is 10.1. The van der Waals surface area contributed by atoms with Gasteiger partial charge in [0, 0.05) is 12.8 Å². The number of nitrogen functional groups attached to an aromatic ring is 1. The summed E-state index contributed by atoms with van der Waals surface area (Å²) in [7, 11) is 2.92. The molecule has 1 aromatic rings. The SMILES string of the molecule is COCC(C)Oc1cc(C)c(N)c(C(=O)OC)c1. The fraction of sp³-hybridized carbons (Fsp3) is 0.462. The van der Waals surface area contributed by atoms with E-state index in [2.05, 4.69) is 4.74 Å². The van der Waals surface area contributed by atoms with Gasteiger partial charge in [0.2, 0.25) is 0 Å². The van der Waals surface area contributed by atoms with Crippen molar-refractivity contribution in [2.45, 2.75) is 20.0 Å². The molecule has 0 aliphatic heterocycles. The van der Waals surface area contributed by atoms with Crippen molar-refractivity contribution in [1.82, 2.24) is 0 Å². The smallest absolute Gasteiger partial charge is 0.340 e. The third kappa shape index (κ3) is 3.37. The molecule has 0 spiro atoms. The maximum absolute atomic E-state index is 11.6. The molecule has 5 nitrogen and oxygen atoms in total. The van der Waals surface area contributed by atoms with Gasteiger partial charge < -0.3 is 19.9 Å². The number of carbonyl (C=O) groups is 1. The van der Waals surface area contributed by atoms with Gasteiger partial charge in [-0.15, -0.1) is 0 Å². The molecule has 0 aromatic heterocycles. The Kier molecular flexibility index (Phi) is 4.97. The summed E-state index contributed by atoms with van der Waals surface area (Å²) < 4.78 is 15.3. The number of esters is 1. The van der Waals surface area contributed by atoms with Crippen LogP contribution in [0.3, 0.4) is 0 Å². The van der Waals surface area contributed by atoms with Crippen LogP contribution in [0.25, 0.3) is 0 Å². The molecule has 1 atom stereocenters. The van der Waals surface area contributed by atoms with E-state index < -0.39 is 5.97 Å². The highest BCUT2D eigenvalue weighted by Gasteiger charge is 2.15. The van der Waals surface area contributed by atoms with Gasteiger partial charge in [-0.2, -0.15) is 0 Å². The second kappa shape index (κ2) is 6.26. The summed E-state index contributed by atoms with van der Waals surface area (Å²) in [4.78, 5) is 11.6. The molecule has 100 valence electrons. The summed E-state index contributed by atoms with van der Waals surface area (Å²) >= 11 is 0. The molecule has 0 amide bonds. The molecule has 0 saturated heterocycles. The van der Waals surface area contributed by atoms with Gasteiger partial charge in [-0.25, -0.2) is 4.79 Å². The first kappa shape index (κ1) is 14.3. The lowest BCUT2D eigenvalue weighted by molar-refractivity contribution is 0.0600. The number of benzene rings is 1. The highest BCUT2D eigenvalue weighted by atomic mass is 16.5. The highest BCUT2D eigenvalue weighted by molar-refractivity contribution is 5.96. The van der Waals surface area contributed by atoms with E-state index in [1.165, 1.54) is 7.11 Å². The van der Waals surface area contributed by atoms with Crippen molar-refractivity contribution in [3.05, 3.63) is 23.3 Å². The molecule has 1 unspecified atom stereocenters. The van der Waals surface area contributed by atoms with E-state index in [1.54, 1.807) is 19.2 Å². The van der Waals surface area contributed by atoms with E-state index in [-0.39, 0.29) is 6.10 Å². The third-order valence-corrected chi connectivity index (χ3v) is 2.50. The molecule has 0 saturated carbocycles. The van der Waals surface area contributed by atoms with Crippen LogP contribution in [0.1, 0.15) is 22.8 Å². The van der Waals surface area contributed by atoms with Crippen LogP contribution in [0.15, 0.2) is 12.1 Å². The molecule has 2 N–H and O–H groups in total. The van der Waals surface area contributed by atoms with Crippen LogP contribution in [0.2, 0.25) is 0 Å². The van der Waals surface area contributed by atoms with E-state index in [0.29, 0.717) is 23.6 Å². The van der Waals surface area contributed by atoms with Gasteiger partial charge in [-0.3, -0.25) is 0 Å². The van der Waals surface area contributed by atoms with E-state index in [4.69, 9.17) is 15.2 Å². The Balaban J connectivity index is 3.01. The lowest BCUT2D eigenvalue weighted by Crippen LogP contribution is -2.18. The van der Waals surface area contributed by atoms with Crippen molar-refractivity contribution in [3.63, 3.8) is 0 Å². The molecule has 1 rings (SSSR count). The molecule has 5 heteroatoms. The van der Waals surface area contributed by atoms with Gasteiger partial charge in [-0.05, 0) is 31.5 Å². The molecule has 0 aliphatic rings. The predicted octanol–water partition coefficient (Wildman–Crippen LogP) is 1.78. The van der Waals surface area contributed by atoms with Gasteiger partial charge >= 0.3 is 5.97 Å². The lowest BCUT2D eigenvalue weighted by Gasteiger charge is -2.16. The van der Waals surface area contributed by atoms with E-state index in [9.17, 15) is 4.79 Å². The van der Waals surface area contributed by atoms with Crippen LogP contribution in [0.5, 0.6) is 5.75 Å². The summed E-state index contributed by atoms with van der Waals surface area (Å²) in [6.45, 7) is 4.17. The van der Waals surface area contributed by atoms with Crippen LogP contribution in [-0.4, -0.2) is 32.9 Å². The molecule has 1 aromatic carbocycles. The Hall–Kier alpha value is -1.75. The van der Waals surface area contributed by atoms with Crippen LogP contribution in [0, 0.1) is 6.92 Å². The van der Waals surface area contributed by atoms with Crippen molar-refractivity contribution < 1.29 is 19.0 Å². The Morgan fingerprint density at radius 1 is 1.39 bits per heavy atom. The number of hydrogen-bond donors (Lipinski definition) is 1. The zero-order valence-electron chi connectivity index (χ0n) is 11.1. The number of carbonyl (C=O) groups excluding carboxylic acids is 1. The van der Waals surface area contributed by atoms with Gasteiger partial charge in [0.05, 0.1) is 19.3 Å². The van der Waals surface area contributed by atoms with Crippen molar-refractivity contribution in [3.8, 4) is 5.75 Å². The summed E-state index contributed by atoms with van der Waals surface area (Å²) in [5.74, 6) is 0.104. The maximum atomic E-state index is 11.6. The third-order valence-electron chi connectivity index (χ3n) is 2.50. The van der Waals surface area contributed by atoms with E-state index >= 15 is 0 Å².